The van der Waals surface area contributed by atoms with E-state index in [0.29, 0.717) is 12.1 Å². The first-order valence-electron chi connectivity index (χ1n) is 6.36. The van der Waals surface area contributed by atoms with Gasteiger partial charge in [-0.25, -0.2) is 0 Å². The topological polar surface area (TPSA) is 41.6 Å². The highest BCUT2D eigenvalue weighted by molar-refractivity contribution is 5.78. The fourth-order valence-electron chi connectivity index (χ4n) is 2.64. The molecule has 2 rings (SSSR count). The molecule has 1 amide bonds. The second-order valence-corrected chi connectivity index (χ2v) is 4.86. The van der Waals surface area contributed by atoms with Crippen molar-refractivity contribution in [1.82, 2.24) is 10.2 Å². The summed E-state index contributed by atoms with van der Waals surface area (Å²) in [6, 6.07) is 0. The number of nitrogens with zero attached hydrogens (tertiary/aromatic N) is 1. The summed E-state index contributed by atoms with van der Waals surface area (Å²) in [6.07, 6.45) is 4.42. The molecule has 2 heterocycles. The second-order valence-electron chi connectivity index (χ2n) is 4.86. The Morgan fingerprint density at radius 2 is 2.12 bits per heavy atom. The highest BCUT2D eigenvalue weighted by atomic mass is 16.5. The number of nitrogens with one attached hydrogen (secondary N) is 1. The Kier molecular flexibility index (Phi) is 3.82. The molecule has 4 nitrogen and oxygen atoms in total. The van der Waals surface area contributed by atoms with Crippen LogP contribution in [-0.4, -0.2) is 49.2 Å². The lowest BCUT2D eigenvalue weighted by molar-refractivity contribution is -0.133. The molecule has 0 aromatic heterocycles. The van der Waals surface area contributed by atoms with Gasteiger partial charge in [-0.05, 0) is 25.7 Å². The number of rotatable bonds is 4. The summed E-state index contributed by atoms with van der Waals surface area (Å²) in [5.41, 5.74) is 0.293. The Labute approximate surface area is 97.3 Å². The Bertz CT molecular complexity index is 249. The van der Waals surface area contributed by atoms with Gasteiger partial charge < -0.3 is 10.1 Å². The lowest BCUT2D eigenvalue weighted by Crippen LogP contribution is -2.63. The van der Waals surface area contributed by atoms with Crippen LogP contribution in [0.2, 0.25) is 0 Å². The highest BCUT2D eigenvalue weighted by Crippen LogP contribution is 2.38. The van der Waals surface area contributed by atoms with Gasteiger partial charge in [0.05, 0.1) is 6.54 Å². The molecule has 0 bridgehead atoms. The van der Waals surface area contributed by atoms with E-state index in [4.69, 9.17) is 4.74 Å². The molecule has 4 heteroatoms. The van der Waals surface area contributed by atoms with Crippen LogP contribution in [0.1, 0.15) is 32.6 Å². The number of ether oxygens (including phenoxy) is 1. The van der Waals surface area contributed by atoms with Crippen molar-refractivity contribution in [2.45, 2.75) is 38.1 Å². The fourth-order valence-corrected chi connectivity index (χ4v) is 2.64. The van der Waals surface area contributed by atoms with E-state index in [1.807, 2.05) is 0 Å². The molecule has 92 valence electrons. The Hall–Kier alpha value is -0.610. The van der Waals surface area contributed by atoms with Gasteiger partial charge in [0.25, 0.3) is 0 Å². The van der Waals surface area contributed by atoms with Crippen LogP contribution < -0.4 is 5.32 Å². The summed E-state index contributed by atoms with van der Waals surface area (Å²) in [5, 5.41) is 2.94. The number of likely N-dealkylation sites (tertiary alicyclic amines) is 1. The molecule has 1 spiro atoms. The smallest absolute Gasteiger partial charge is 0.234 e. The molecule has 0 unspecified atom stereocenters. The van der Waals surface area contributed by atoms with Crippen molar-refractivity contribution in [1.29, 1.82) is 0 Å². The first kappa shape index (κ1) is 11.9. The van der Waals surface area contributed by atoms with E-state index in [0.717, 1.165) is 45.6 Å². The summed E-state index contributed by atoms with van der Waals surface area (Å²) in [5.74, 6) is 0.174. The van der Waals surface area contributed by atoms with Gasteiger partial charge in [0.2, 0.25) is 5.91 Å². The Morgan fingerprint density at radius 3 is 2.69 bits per heavy atom. The first-order valence-corrected chi connectivity index (χ1v) is 6.36. The molecule has 2 fully saturated rings. The minimum atomic E-state index is 0.174. The predicted molar refractivity (Wildman–Crippen MR) is 62.3 cm³/mol. The van der Waals surface area contributed by atoms with Crippen LogP contribution in [0.4, 0.5) is 0 Å². The van der Waals surface area contributed by atoms with Crippen LogP contribution in [0.3, 0.4) is 0 Å². The lowest BCUT2D eigenvalue weighted by atomic mass is 9.78. The van der Waals surface area contributed by atoms with Crippen molar-refractivity contribution >= 4 is 5.91 Å². The maximum Gasteiger partial charge on any atom is 0.234 e. The zero-order valence-corrected chi connectivity index (χ0v) is 10.1. The monoisotopic (exact) mass is 226 g/mol. The van der Waals surface area contributed by atoms with Crippen molar-refractivity contribution in [3.8, 4) is 0 Å². The van der Waals surface area contributed by atoms with E-state index in [-0.39, 0.29) is 5.91 Å². The van der Waals surface area contributed by atoms with Crippen molar-refractivity contribution in [3.05, 3.63) is 0 Å². The van der Waals surface area contributed by atoms with Gasteiger partial charge in [-0.2, -0.15) is 0 Å². The average molecular weight is 226 g/mol. The van der Waals surface area contributed by atoms with Crippen molar-refractivity contribution in [3.63, 3.8) is 0 Å². The van der Waals surface area contributed by atoms with Gasteiger partial charge in [-0.15, -0.1) is 0 Å². The van der Waals surface area contributed by atoms with E-state index in [1.54, 1.807) is 0 Å². The van der Waals surface area contributed by atoms with Gasteiger partial charge in [0.1, 0.15) is 0 Å². The normalized spacial score (nSPS) is 24.1. The zero-order valence-electron chi connectivity index (χ0n) is 10.1. The third-order valence-electron chi connectivity index (χ3n) is 3.85. The lowest BCUT2D eigenvalue weighted by Gasteiger charge is -2.54. The number of hydrogen-bond donors (Lipinski definition) is 1. The van der Waals surface area contributed by atoms with E-state index >= 15 is 0 Å². The molecule has 0 aromatic carbocycles. The molecular formula is C12H22N2O2. The standard InChI is InChI=1S/C12H22N2O2/c1-2-6-13-11(15)10-14-7-3-12(14)4-8-16-9-5-12/h2-10H2,1H3,(H,13,15). The van der Waals surface area contributed by atoms with Gasteiger partial charge >= 0.3 is 0 Å². The Balaban J connectivity index is 1.79. The van der Waals surface area contributed by atoms with Gasteiger partial charge in [-0.3, -0.25) is 9.69 Å². The van der Waals surface area contributed by atoms with Gasteiger partial charge in [-0.1, -0.05) is 6.92 Å². The van der Waals surface area contributed by atoms with Crippen LogP contribution >= 0.6 is 0 Å². The van der Waals surface area contributed by atoms with E-state index < -0.39 is 0 Å². The molecule has 16 heavy (non-hydrogen) atoms. The maximum absolute atomic E-state index is 11.6. The van der Waals surface area contributed by atoms with Crippen molar-refractivity contribution in [2.24, 2.45) is 0 Å². The van der Waals surface area contributed by atoms with Crippen molar-refractivity contribution in [2.75, 3.05) is 32.8 Å². The van der Waals surface area contributed by atoms with Gasteiger partial charge in [0, 0.05) is 31.8 Å². The molecule has 2 saturated heterocycles. The van der Waals surface area contributed by atoms with E-state index in [9.17, 15) is 4.79 Å². The molecule has 2 aliphatic heterocycles. The van der Waals surface area contributed by atoms with Crippen molar-refractivity contribution < 1.29 is 9.53 Å². The number of hydrogen-bond acceptors (Lipinski definition) is 3. The molecule has 2 aliphatic rings. The molecule has 0 radical (unpaired) electrons. The largest absolute Gasteiger partial charge is 0.381 e. The third kappa shape index (κ3) is 2.38. The second kappa shape index (κ2) is 5.15. The SMILES string of the molecule is CCCNC(=O)CN1CCC12CCOCC2. The summed E-state index contributed by atoms with van der Waals surface area (Å²) >= 11 is 0. The van der Waals surface area contributed by atoms with Crippen LogP contribution in [0, 0.1) is 0 Å². The quantitative estimate of drug-likeness (QED) is 0.770. The number of carbonyl (C=O) groups is 1. The van der Waals surface area contributed by atoms with Crippen LogP contribution in [0.5, 0.6) is 0 Å². The highest BCUT2D eigenvalue weighted by Gasteiger charge is 2.45. The summed E-state index contributed by atoms with van der Waals surface area (Å²) in [4.78, 5) is 14.0. The molecule has 0 saturated carbocycles. The van der Waals surface area contributed by atoms with Crippen LogP contribution in [0.25, 0.3) is 0 Å². The molecular weight excluding hydrogens is 204 g/mol. The minimum Gasteiger partial charge on any atom is -0.381 e. The van der Waals surface area contributed by atoms with E-state index in [1.165, 1.54) is 6.42 Å². The zero-order chi connectivity index (χ0) is 11.4. The third-order valence-corrected chi connectivity index (χ3v) is 3.85. The van der Waals surface area contributed by atoms with Gasteiger partial charge in [0.15, 0.2) is 0 Å². The van der Waals surface area contributed by atoms with E-state index in [2.05, 4.69) is 17.1 Å². The average Bonchev–Trinajstić information content (AvgIpc) is 2.33. The molecule has 1 N–H and O–H groups in total. The van der Waals surface area contributed by atoms with Crippen LogP contribution in [0.15, 0.2) is 0 Å². The Morgan fingerprint density at radius 1 is 1.38 bits per heavy atom. The number of carbonyl (C=O) groups excluding carboxylic acids is 1. The first-order chi connectivity index (χ1) is 7.77. The summed E-state index contributed by atoms with van der Waals surface area (Å²) < 4.78 is 5.39. The van der Waals surface area contributed by atoms with Crippen LogP contribution in [-0.2, 0) is 9.53 Å². The maximum atomic E-state index is 11.6. The molecule has 0 aliphatic carbocycles. The molecule has 0 aromatic rings. The fraction of sp³-hybridized carbons (Fsp3) is 0.917. The number of amides is 1. The summed E-state index contributed by atoms with van der Waals surface area (Å²) in [7, 11) is 0. The predicted octanol–water partition coefficient (Wildman–Crippen LogP) is 0.767. The summed E-state index contributed by atoms with van der Waals surface area (Å²) in [6.45, 7) is 6.21. The molecule has 0 atom stereocenters. The minimum absolute atomic E-state index is 0.174.